The number of halogens is 1. The van der Waals surface area contributed by atoms with E-state index in [2.05, 4.69) is 21.2 Å². The molecule has 150 valence electrons. The van der Waals surface area contributed by atoms with Crippen molar-refractivity contribution in [1.29, 1.82) is 0 Å². The van der Waals surface area contributed by atoms with E-state index in [4.69, 9.17) is 0 Å². The number of piperidine rings is 1. The monoisotopic (exact) mass is 464 g/mol. The predicted octanol–water partition coefficient (Wildman–Crippen LogP) is 4.25. The summed E-state index contributed by atoms with van der Waals surface area (Å²) in [6.45, 7) is 4.76. The number of amides is 1. The number of carbonyl (C=O) groups excluding carboxylic acids is 1. The maximum atomic E-state index is 12.7. The van der Waals surface area contributed by atoms with Crippen molar-refractivity contribution in [2.75, 3.05) is 18.4 Å². The normalized spacial score (nSPS) is 16.1. The number of aryl methyl sites for hydroxylation is 1. The van der Waals surface area contributed by atoms with Gasteiger partial charge in [0.05, 0.1) is 5.75 Å². The van der Waals surface area contributed by atoms with Gasteiger partial charge in [-0.25, -0.2) is 12.7 Å². The first-order valence-corrected chi connectivity index (χ1v) is 11.8. The summed E-state index contributed by atoms with van der Waals surface area (Å²) in [5.74, 6) is -0.211. The Morgan fingerprint density at radius 2 is 1.75 bits per heavy atom. The van der Waals surface area contributed by atoms with Crippen molar-refractivity contribution in [1.82, 2.24) is 4.31 Å². The average molecular weight is 465 g/mol. The molecule has 1 amide bonds. The van der Waals surface area contributed by atoms with E-state index >= 15 is 0 Å². The Labute approximate surface area is 175 Å². The van der Waals surface area contributed by atoms with E-state index in [1.165, 1.54) is 4.31 Å². The molecule has 7 heteroatoms. The zero-order valence-electron chi connectivity index (χ0n) is 16.1. The second-order valence-electron chi connectivity index (χ2n) is 7.29. The van der Waals surface area contributed by atoms with Gasteiger partial charge in [-0.3, -0.25) is 4.79 Å². The number of anilines is 1. The molecule has 0 radical (unpaired) electrons. The fraction of sp³-hybridized carbons (Fsp3) is 0.381. The number of nitrogens with one attached hydrogen (secondary N) is 1. The molecule has 28 heavy (non-hydrogen) atoms. The van der Waals surface area contributed by atoms with Gasteiger partial charge in [-0.1, -0.05) is 40.2 Å². The summed E-state index contributed by atoms with van der Waals surface area (Å²) in [4.78, 5) is 12.6. The molecule has 1 aliphatic rings. The lowest BCUT2D eigenvalue weighted by molar-refractivity contribution is -0.120. The maximum absolute atomic E-state index is 12.7. The van der Waals surface area contributed by atoms with Gasteiger partial charge < -0.3 is 5.32 Å². The molecule has 0 spiro atoms. The van der Waals surface area contributed by atoms with Crippen molar-refractivity contribution < 1.29 is 13.2 Å². The maximum Gasteiger partial charge on any atom is 0.227 e. The standard InChI is InChI=1S/C21H25BrN2O3S/c1-15-4-3-5-20(16(15)2)23-21(25)18-10-12-24(13-11-18)28(26,27)14-17-6-8-19(22)9-7-17/h3-9,18H,10-14H2,1-2H3,(H,23,25). The van der Waals surface area contributed by atoms with Gasteiger partial charge in [0, 0.05) is 29.2 Å². The van der Waals surface area contributed by atoms with Gasteiger partial charge in [-0.15, -0.1) is 0 Å². The molecular formula is C21H25BrN2O3S. The topological polar surface area (TPSA) is 66.5 Å². The molecular weight excluding hydrogens is 440 g/mol. The number of rotatable bonds is 5. The third-order valence-electron chi connectivity index (χ3n) is 5.34. The second kappa shape index (κ2) is 8.76. The van der Waals surface area contributed by atoms with Crippen molar-refractivity contribution in [3.05, 3.63) is 63.6 Å². The fourth-order valence-corrected chi connectivity index (χ4v) is 5.23. The highest BCUT2D eigenvalue weighted by atomic mass is 79.9. The van der Waals surface area contributed by atoms with Crippen LogP contribution in [0.25, 0.3) is 0 Å². The van der Waals surface area contributed by atoms with Crippen molar-refractivity contribution in [3.8, 4) is 0 Å². The highest BCUT2D eigenvalue weighted by Gasteiger charge is 2.31. The van der Waals surface area contributed by atoms with E-state index in [0.717, 1.165) is 26.9 Å². The number of hydrogen-bond acceptors (Lipinski definition) is 3. The lowest BCUT2D eigenvalue weighted by Gasteiger charge is -2.30. The van der Waals surface area contributed by atoms with Gasteiger partial charge in [-0.05, 0) is 61.6 Å². The van der Waals surface area contributed by atoms with E-state index < -0.39 is 10.0 Å². The van der Waals surface area contributed by atoms with Crippen LogP contribution in [0, 0.1) is 19.8 Å². The van der Waals surface area contributed by atoms with Gasteiger partial charge in [0.2, 0.25) is 15.9 Å². The molecule has 0 aromatic heterocycles. The van der Waals surface area contributed by atoms with Gasteiger partial charge >= 0.3 is 0 Å². The minimum absolute atomic E-state index is 0.0143. The van der Waals surface area contributed by atoms with Crippen LogP contribution in [0.3, 0.4) is 0 Å². The average Bonchev–Trinajstić information content (AvgIpc) is 2.67. The van der Waals surface area contributed by atoms with E-state index in [0.29, 0.717) is 25.9 Å². The van der Waals surface area contributed by atoms with Crippen LogP contribution in [-0.4, -0.2) is 31.7 Å². The number of hydrogen-bond donors (Lipinski definition) is 1. The summed E-state index contributed by atoms with van der Waals surface area (Å²) in [6, 6.07) is 13.1. The van der Waals surface area contributed by atoms with Crippen molar-refractivity contribution in [2.45, 2.75) is 32.4 Å². The molecule has 0 unspecified atom stereocenters. The van der Waals surface area contributed by atoms with Crippen LogP contribution in [0.5, 0.6) is 0 Å². The molecule has 1 saturated heterocycles. The fourth-order valence-electron chi connectivity index (χ4n) is 3.40. The molecule has 0 bridgehead atoms. The summed E-state index contributed by atoms with van der Waals surface area (Å²) in [5, 5.41) is 3.01. The molecule has 1 fully saturated rings. The van der Waals surface area contributed by atoms with Crippen molar-refractivity contribution in [3.63, 3.8) is 0 Å². The number of carbonyl (C=O) groups is 1. The molecule has 2 aromatic rings. The minimum Gasteiger partial charge on any atom is -0.326 e. The van der Waals surface area contributed by atoms with Crippen molar-refractivity contribution in [2.24, 2.45) is 5.92 Å². The van der Waals surface area contributed by atoms with E-state index in [-0.39, 0.29) is 17.6 Å². The highest BCUT2D eigenvalue weighted by Crippen LogP contribution is 2.25. The summed E-state index contributed by atoms with van der Waals surface area (Å²) in [5.41, 5.74) is 3.78. The lowest BCUT2D eigenvalue weighted by Crippen LogP contribution is -2.41. The van der Waals surface area contributed by atoms with Gasteiger partial charge in [0.1, 0.15) is 0 Å². The molecule has 1 heterocycles. The third kappa shape index (κ3) is 5.01. The Balaban J connectivity index is 1.58. The quantitative estimate of drug-likeness (QED) is 0.718. The summed E-state index contributed by atoms with van der Waals surface area (Å²) in [6.07, 6.45) is 1.08. The summed E-state index contributed by atoms with van der Waals surface area (Å²) in [7, 11) is -3.38. The summed E-state index contributed by atoms with van der Waals surface area (Å²) < 4.78 is 27.8. The van der Waals surface area contributed by atoms with Crippen LogP contribution in [0.2, 0.25) is 0 Å². The lowest BCUT2D eigenvalue weighted by atomic mass is 9.97. The molecule has 1 N–H and O–H groups in total. The van der Waals surface area contributed by atoms with Crippen LogP contribution in [0.15, 0.2) is 46.9 Å². The first-order chi connectivity index (χ1) is 13.3. The molecule has 3 rings (SSSR count). The van der Waals surface area contributed by atoms with Gasteiger partial charge in [-0.2, -0.15) is 0 Å². The first kappa shape index (κ1) is 21.0. The van der Waals surface area contributed by atoms with E-state index in [1.54, 1.807) is 0 Å². The largest absolute Gasteiger partial charge is 0.326 e. The second-order valence-corrected chi connectivity index (χ2v) is 10.2. The van der Waals surface area contributed by atoms with Gasteiger partial charge in [0.25, 0.3) is 0 Å². The Morgan fingerprint density at radius 3 is 2.39 bits per heavy atom. The number of sulfonamides is 1. The van der Waals surface area contributed by atoms with Crippen LogP contribution in [0.1, 0.15) is 29.5 Å². The minimum atomic E-state index is -3.38. The molecule has 1 aliphatic heterocycles. The Bertz CT molecular complexity index is 950. The van der Waals surface area contributed by atoms with Crippen molar-refractivity contribution >= 4 is 37.5 Å². The third-order valence-corrected chi connectivity index (χ3v) is 7.72. The molecule has 2 aromatic carbocycles. The first-order valence-electron chi connectivity index (χ1n) is 9.35. The van der Waals surface area contributed by atoms with Gasteiger partial charge in [0.15, 0.2) is 0 Å². The van der Waals surface area contributed by atoms with E-state index in [9.17, 15) is 13.2 Å². The molecule has 0 aliphatic carbocycles. The SMILES string of the molecule is Cc1cccc(NC(=O)C2CCN(S(=O)(=O)Cc3ccc(Br)cc3)CC2)c1C. The molecule has 0 atom stereocenters. The molecule has 5 nitrogen and oxygen atoms in total. The Kier molecular flexibility index (Phi) is 6.58. The van der Waals surface area contributed by atoms with Crippen LogP contribution in [-0.2, 0) is 20.6 Å². The number of nitrogens with zero attached hydrogens (tertiary/aromatic N) is 1. The highest BCUT2D eigenvalue weighted by molar-refractivity contribution is 9.10. The predicted molar refractivity (Wildman–Crippen MR) is 116 cm³/mol. The van der Waals surface area contributed by atoms with Crippen LogP contribution >= 0.6 is 15.9 Å². The Hall–Kier alpha value is -1.70. The smallest absolute Gasteiger partial charge is 0.227 e. The zero-order chi connectivity index (χ0) is 20.3. The summed E-state index contributed by atoms with van der Waals surface area (Å²) >= 11 is 3.36. The van der Waals surface area contributed by atoms with Crippen LogP contribution in [0.4, 0.5) is 5.69 Å². The number of benzene rings is 2. The Morgan fingerprint density at radius 1 is 1.11 bits per heavy atom. The molecule has 0 saturated carbocycles. The van der Waals surface area contributed by atoms with E-state index in [1.807, 2.05) is 56.3 Å². The van der Waals surface area contributed by atoms with Crippen LogP contribution < -0.4 is 5.32 Å². The zero-order valence-corrected chi connectivity index (χ0v) is 18.5.